The number of hydrogen-bond donors (Lipinski definition) is 3. The van der Waals surface area contributed by atoms with Gasteiger partial charge in [0.1, 0.15) is 0 Å². The smallest absolute Gasteiger partial charge is 0.305 e. The molecule has 6 nitrogen and oxygen atoms in total. The molecule has 0 aromatic heterocycles. The van der Waals surface area contributed by atoms with Crippen LogP contribution in [0.1, 0.15) is 412 Å². The van der Waals surface area contributed by atoms with E-state index in [-0.39, 0.29) is 18.5 Å². The number of ether oxygens (including phenoxy) is 1. The lowest BCUT2D eigenvalue weighted by molar-refractivity contribution is -0.143. The van der Waals surface area contributed by atoms with Crippen LogP contribution >= 0.6 is 0 Å². The molecule has 0 aromatic carbocycles. The van der Waals surface area contributed by atoms with Gasteiger partial charge < -0.3 is 20.3 Å². The Balaban J connectivity index is 3.40. The monoisotopic (exact) mass is 1130 g/mol. The Kier molecular flexibility index (Phi) is 68.4. The third-order valence-electron chi connectivity index (χ3n) is 17.2. The second kappa shape index (κ2) is 69.8. The molecule has 0 fully saturated rings. The van der Waals surface area contributed by atoms with Gasteiger partial charge in [-0.2, -0.15) is 0 Å². The molecule has 80 heavy (non-hydrogen) atoms. The molecule has 0 aliphatic rings. The standard InChI is InChI=1S/C74H143NO5/c1-3-5-7-9-11-13-15-17-19-21-22-29-32-35-38-42-46-50-54-58-62-66-72(77)71(70-76)75-73(78)67-63-59-55-51-47-43-39-36-33-30-27-25-23-24-26-28-31-34-37-41-45-49-53-57-61-65-69-80-74(79)68-64-60-56-52-48-44-40-20-18-16-14-12-10-8-6-4-2/h23,25,62,66,71-72,76-77H,3-22,24,26-61,63-65,67-70H2,1-2H3,(H,75,78)/b25-23-,66-62+. The zero-order valence-corrected chi connectivity index (χ0v) is 54.3. The van der Waals surface area contributed by atoms with Gasteiger partial charge in [0.2, 0.25) is 5.91 Å². The van der Waals surface area contributed by atoms with Gasteiger partial charge in [0.25, 0.3) is 0 Å². The molecule has 6 heteroatoms. The van der Waals surface area contributed by atoms with Gasteiger partial charge >= 0.3 is 5.97 Å². The molecule has 2 unspecified atom stereocenters. The summed E-state index contributed by atoms with van der Waals surface area (Å²) in [4.78, 5) is 24.6. The highest BCUT2D eigenvalue weighted by Crippen LogP contribution is 2.19. The molecule has 0 radical (unpaired) electrons. The maximum atomic E-state index is 12.5. The summed E-state index contributed by atoms with van der Waals surface area (Å²) in [5.41, 5.74) is 0. The van der Waals surface area contributed by atoms with E-state index in [0.29, 0.717) is 19.4 Å². The van der Waals surface area contributed by atoms with Crippen molar-refractivity contribution < 1.29 is 24.5 Å². The van der Waals surface area contributed by atoms with E-state index in [2.05, 4.69) is 31.3 Å². The molecule has 0 aliphatic carbocycles. The number of nitrogens with one attached hydrogen (secondary N) is 1. The molecule has 0 spiro atoms. The van der Waals surface area contributed by atoms with Crippen LogP contribution in [0.2, 0.25) is 0 Å². The molecule has 1 amide bonds. The average molecular weight is 1130 g/mol. The van der Waals surface area contributed by atoms with E-state index < -0.39 is 12.1 Å². The summed E-state index contributed by atoms with van der Waals surface area (Å²) in [6.07, 6.45) is 88.3. The third kappa shape index (κ3) is 65.5. The van der Waals surface area contributed by atoms with Crippen molar-refractivity contribution in [3.63, 3.8) is 0 Å². The number of rotatable bonds is 69. The minimum absolute atomic E-state index is 0.0183. The number of carbonyl (C=O) groups is 2. The summed E-state index contributed by atoms with van der Waals surface area (Å²) in [5.74, 6) is -0.0473. The predicted octanol–water partition coefficient (Wildman–Crippen LogP) is 23.7. The number of aliphatic hydroxyl groups excluding tert-OH is 2. The number of unbranched alkanes of at least 4 members (excludes halogenated alkanes) is 56. The highest BCUT2D eigenvalue weighted by Gasteiger charge is 2.18. The topological polar surface area (TPSA) is 95.9 Å². The van der Waals surface area contributed by atoms with Gasteiger partial charge in [-0.3, -0.25) is 9.59 Å². The van der Waals surface area contributed by atoms with Crippen molar-refractivity contribution in [1.29, 1.82) is 0 Å². The highest BCUT2D eigenvalue weighted by atomic mass is 16.5. The van der Waals surface area contributed by atoms with Crippen molar-refractivity contribution in [3.05, 3.63) is 24.3 Å². The normalized spacial score (nSPS) is 12.6. The fourth-order valence-electron chi connectivity index (χ4n) is 11.6. The number of carbonyl (C=O) groups excluding carboxylic acids is 2. The van der Waals surface area contributed by atoms with Crippen LogP contribution in [0, 0.1) is 0 Å². The van der Waals surface area contributed by atoms with Crippen LogP contribution in [0.3, 0.4) is 0 Å². The molecule has 0 saturated carbocycles. The molecule has 3 N–H and O–H groups in total. The number of aliphatic hydroxyl groups is 2. The van der Waals surface area contributed by atoms with E-state index in [4.69, 9.17) is 4.74 Å². The first-order valence-corrected chi connectivity index (χ1v) is 36.6. The molecular formula is C74H143NO5. The van der Waals surface area contributed by atoms with Crippen molar-refractivity contribution >= 4 is 11.9 Å². The van der Waals surface area contributed by atoms with E-state index >= 15 is 0 Å². The maximum Gasteiger partial charge on any atom is 0.305 e. The molecule has 0 aromatic rings. The molecule has 0 bridgehead atoms. The summed E-state index contributed by atoms with van der Waals surface area (Å²) in [6.45, 7) is 4.95. The maximum absolute atomic E-state index is 12.5. The number of amides is 1. The quantitative estimate of drug-likeness (QED) is 0.0320. The molecule has 474 valence electrons. The van der Waals surface area contributed by atoms with Crippen LogP contribution in [-0.2, 0) is 14.3 Å². The lowest BCUT2D eigenvalue weighted by Gasteiger charge is -2.20. The molecule has 0 aliphatic heterocycles. The Hall–Kier alpha value is -1.66. The highest BCUT2D eigenvalue weighted by molar-refractivity contribution is 5.76. The Labute approximate surface area is 501 Å². The second-order valence-electron chi connectivity index (χ2n) is 25.3. The first-order chi connectivity index (χ1) is 39.5. The van der Waals surface area contributed by atoms with Crippen LogP contribution in [-0.4, -0.2) is 47.4 Å². The van der Waals surface area contributed by atoms with E-state index in [1.54, 1.807) is 6.08 Å². The first kappa shape index (κ1) is 78.3. The molecule has 0 rings (SSSR count). The average Bonchev–Trinajstić information content (AvgIpc) is 3.46. The summed E-state index contributed by atoms with van der Waals surface area (Å²) in [7, 11) is 0. The van der Waals surface area contributed by atoms with Crippen LogP contribution < -0.4 is 5.32 Å². The molecular weight excluding hydrogens is 983 g/mol. The summed E-state index contributed by atoms with van der Waals surface area (Å²) in [5, 5.41) is 23.3. The summed E-state index contributed by atoms with van der Waals surface area (Å²) in [6, 6.07) is -0.630. The van der Waals surface area contributed by atoms with Crippen molar-refractivity contribution in [2.24, 2.45) is 0 Å². The van der Waals surface area contributed by atoms with E-state index in [0.717, 1.165) is 38.5 Å². The van der Waals surface area contributed by atoms with Gasteiger partial charge in [0.05, 0.1) is 25.4 Å². The van der Waals surface area contributed by atoms with Gasteiger partial charge in [-0.05, 0) is 57.8 Å². The minimum Gasteiger partial charge on any atom is -0.466 e. The van der Waals surface area contributed by atoms with E-state index in [1.807, 2.05) is 6.08 Å². The second-order valence-corrected chi connectivity index (χ2v) is 25.3. The summed E-state index contributed by atoms with van der Waals surface area (Å²) >= 11 is 0. The van der Waals surface area contributed by atoms with Crippen molar-refractivity contribution in [3.8, 4) is 0 Å². The van der Waals surface area contributed by atoms with Crippen LogP contribution in [0.15, 0.2) is 24.3 Å². The van der Waals surface area contributed by atoms with Gasteiger partial charge in [0.15, 0.2) is 0 Å². The van der Waals surface area contributed by atoms with E-state index in [9.17, 15) is 19.8 Å². The lowest BCUT2D eigenvalue weighted by atomic mass is 10.0. The van der Waals surface area contributed by atoms with Crippen LogP contribution in [0.25, 0.3) is 0 Å². The molecule has 0 heterocycles. The minimum atomic E-state index is -0.847. The zero-order chi connectivity index (χ0) is 57.8. The Morgan fingerprint density at radius 1 is 0.338 bits per heavy atom. The van der Waals surface area contributed by atoms with Crippen LogP contribution in [0.4, 0.5) is 0 Å². The van der Waals surface area contributed by atoms with Crippen molar-refractivity contribution in [1.82, 2.24) is 5.32 Å². The molecule has 0 saturated heterocycles. The van der Waals surface area contributed by atoms with Crippen LogP contribution in [0.5, 0.6) is 0 Å². The largest absolute Gasteiger partial charge is 0.466 e. The van der Waals surface area contributed by atoms with Gasteiger partial charge in [-0.1, -0.05) is 366 Å². The fourth-order valence-corrected chi connectivity index (χ4v) is 11.6. The lowest BCUT2D eigenvalue weighted by Crippen LogP contribution is -2.45. The summed E-state index contributed by atoms with van der Waals surface area (Å²) < 4.78 is 5.50. The number of esters is 1. The number of allylic oxidation sites excluding steroid dienone is 3. The van der Waals surface area contributed by atoms with Gasteiger partial charge in [-0.25, -0.2) is 0 Å². The van der Waals surface area contributed by atoms with Gasteiger partial charge in [-0.15, -0.1) is 0 Å². The number of hydrogen-bond acceptors (Lipinski definition) is 5. The fraction of sp³-hybridized carbons (Fsp3) is 0.919. The van der Waals surface area contributed by atoms with E-state index in [1.165, 1.54) is 347 Å². The Morgan fingerprint density at radius 3 is 0.887 bits per heavy atom. The SMILES string of the molecule is CCCCCCCCCCCCCCCCCCCCC/C=C/C(O)C(CO)NC(=O)CCCCCCCCCCCC/C=C\CCCCCCCCCCCCCCOC(=O)CCCCCCCCCCCCCCCCCC. The van der Waals surface area contributed by atoms with Crippen molar-refractivity contribution in [2.45, 2.75) is 424 Å². The Morgan fingerprint density at radius 2 is 0.588 bits per heavy atom. The van der Waals surface area contributed by atoms with Crippen molar-refractivity contribution in [2.75, 3.05) is 13.2 Å². The third-order valence-corrected chi connectivity index (χ3v) is 17.2. The first-order valence-electron chi connectivity index (χ1n) is 36.6. The molecule has 2 atom stereocenters. The zero-order valence-electron chi connectivity index (χ0n) is 54.3. The van der Waals surface area contributed by atoms with Gasteiger partial charge in [0, 0.05) is 12.8 Å². The Bertz CT molecular complexity index is 1250. The predicted molar refractivity (Wildman–Crippen MR) is 352 cm³/mol.